The zero-order chi connectivity index (χ0) is 15.2. The SMILES string of the molecule is O=C(CCSc1ccc(F)cc1)Nc1ccc(F)c(F)c1. The smallest absolute Gasteiger partial charge is 0.225 e. The van der Waals surface area contributed by atoms with Crippen LogP contribution in [0.4, 0.5) is 18.9 Å². The molecule has 0 fully saturated rings. The van der Waals surface area contributed by atoms with Crippen molar-refractivity contribution in [2.24, 2.45) is 0 Å². The van der Waals surface area contributed by atoms with Gasteiger partial charge in [-0.25, -0.2) is 13.2 Å². The lowest BCUT2D eigenvalue weighted by Crippen LogP contribution is -2.12. The summed E-state index contributed by atoms with van der Waals surface area (Å²) in [7, 11) is 0. The first-order valence-corrected chi connectivity index (χ1v) is 7.16. The molecule has 0 atom stereocenters. The summed E-state index contributed by atoms with van der Waals surface area (Å²) in [6, 6.07) is 9.15. The molecule has 0 saturated carbocycles. The molecule has 0 aliphatic rings. The van der Waals surface area contributed by atoms with Crippen molar-refractivity contribution in [3.05, 3.63) is 59.9 Å². The molecule has 1 N–H and O–H groups in total. The Labute approximate surface area is 124 Å². The van der Waals surface area contributed by atoms with Crippen LogP contribution >= 0.6 is 11.8 Å². The number of hydrogen-bond donors (Lipinski definition) is 1. The average molecular weight is 311 g/mol. The van der Waals surface area contributed by atoms with E-state index in [-0.39, 0.29) is 23.8 Å². The highest BCUT2D eigenvalue weighted by atomic mass is 32.2. The molecule has 0 heterocycles. The Bertz CT molecular complexity index is 631. The van der Waals surface area contributed by atoms with E-state index < -0.39 is 11.6 Å². The molecule has 2 aromatic rings. The first kappa shape index (κ1) is 15.4. The summed E-state index contributed by atoms with van der Waals surface area (Å²) < 4.78 is 38.4. The maximum Gasteiger partial charge on any atom is 0.225 e. The molecule has 1 amide bonds. The molecule has 0 radical (unpaired) electrons. The van der Waals surface area contributed by atoms with Crippen molar-refractivity contribution in [1.29, 1.82) is 0 Å². The van der Waals surface area contributed by atoms with Crippen LogP contribution in [0.2, 0.25) is 0 Å². The molecular formula is C15H12F3NOS. The third-order valence-electron chi connectivity index (χ3n) is 2.61. The topological polar surface area (TPSA) is 29.1 Å². The second-order valence-corrected chi connectivity index (χ2v) is 5.40. The van der Waals surface area contributed by atoms with Gasteiger partial charge in [-0.2, -0.15) is 0 Å². The fraction of sp³-hybridized carbons (Fsp3) is 0.133. The number of anilines is 1. The van der Waals surface area contributed by atoms with Crippen molar-refractivity contribution in [3.8, 4) is 0 Å². The molecule has 6 heteroatoms. The van der Waals surface area contributed by atoms with E-state index in [0.29, 0.717) is 5.75 Å². The van der Waals surface area contributed by atoms with Gasteiger partial charge in [0.05, 0.1) is 0 Å². The molecule has 0 aliphatic heterocycles. The third kappa shape index (κ3) is 4.82. The second-order valence-electron chi connectivity index (χ2n) is 4.23. The second kappa shape index (κ2) is 7.17. The summed E-state index contributed by atoms with van der Waals surface area (Å²) in [6.45, 7) is 0. The molecule has 21 heavy (non-hydrogen) atoms. The Kier molecular flexibility index (Phi) is 5.27. The third-order valence-corrected chi connectivity index (χ3v) is 3.63. The van der Waals surface area contributed by atoms with Crippen LogP contribution in [-0.4, -0.2) is 11.7 Å². The van der Waals surface area contributed by atoms with E-state index >= 15 is 0 Å². The highest BCUT2D eigenvalue weighted by Crippen LogP contribution is 2.19. The molecule has 0 spiro atoms. The van der Waals surface area contributed by atoms with E-state index in [4.69, 9.17) is 0 Å². The molecular weight excluding hydrogens is 299 g/mol. The van der Waals surface area contributed by atoms with Crippen molar-refractivity contribution in [3.63, 3.8) is 0 Å². The van der Waals surface area contributed by atoms with Gasteiger partial charge in [-0.3, -0.25) is 4.79 Å². The van der Waals surface area contributed by atoms with E-state index in [1.165, 1.54) is 30.0 Å². The minimum Gasteiger partial charge on any atom is -0.326 e. The molecule has 2 nitrogen and oxygen atoms in total. The van der Waals surface area contributed by atoms with Crippen LogP contribution in [0, 0.1) is 17.5 Å². The fourth-order valence-electron chi connectivity index (χ4n) is 1.59. The lowest BCUT2D eigenvalue weighted by Gasteiger charge is -2.05. The van der Waals surface area contributed by atoms with Crippen LogP contribution in [0.5, 0.6) is 0 Å². The summed E-state index contributed by atoms with van der Waals surface area (Å²) in [5.74, 6) is -2.07. The highest BCUT2D eigenvalue weighted by molar-refractivity contribution is 7.99. The van der Waals surface area contributed by atoms with Gasteiger partial charge in [0, 0.05) is 28.8 Å². The Hall–Kier alpha value is -1.95. The van der Waals surface area contributed by atoms with Crippen LogP contribution in [-0.2, 0) is 4.79 Å². The molecule has 0 unspecified atom stereocenters. The zero-order valence-corrected chi connectivity index (χ0v) is 11.7. The van der Waals surface area contributed by atoms with E-state index in [2.05, 4.69) is 5.32 Å². The first-order valence-electron chi connectivity index (χ1n) is 6.18. The normalized spacial score (nSPS) is 10.4. The largest absolute Gasteiger partial charge is 0.326 e. The van der Waals surface area contributed by atoms with Crippen molar-refractivity contribution >= 4 is 23.4 Å². The Morgan fingerprint density at radius 1 is 1.00 bits per heavy atom. The van der Waals surface area contributed by atoms with Crippen LogP contribution in [0.15, 0.2) is 47.4 Å². The van der Waals surface area contributed by atoms with Crippen LogP contribution in [0.25, 0.3) is 0 Å². The maximum absolute atomic E-state index is 13.0. The quantitative estimate of drug-likeness (QED) is 0.838. The van der Waals surface area contributed by atoms with Gasteiger partial charge in [0.1, 0.15) is 5.82 Å². The number of hydrogen-bond acceptors (Lipinski definition) is 2. The number of halogens is 3. The summed E-state index contributed by atoms with van der Waals surface area (Å²) in [4.78, 5) is 12.5. The standard InChI is InChI=1S/C15H12F3NOS/c16-10-1-4-12(5-2-10)21-8-7-15(20)19-11-3-6-13(17)14(18)9-11/h1-6,9H,7-8H2,(H,19,20). The monoisotopic (exact) mass is 311 g/mol. The molecule has 0 bridgehead atoms. The van der Waals surface area contributed by atoms with Gasteiger partial charge < -0.3 is 5.32 Å². The van der Waals surface area contributed by atoms with Gasteiger partial charge in [0.15, 0.2) is 11.6 Å². The lowest BCUT2D eigenvalue weighted by atomic mass is 10.3. The van der Waals surface area contributed by atoms with Crippen LogP contribution in [0.3, 0.4) is 0 Å². The number of carbonyl (C=O) groups excluding carboxylic acids is 1. The summed E-state index contributed by atoms with van der Waals surface area (Å²) in [5, 5.41) is 2.49. The minimum absolute atomic E-state index is 0.209. The van der Waals surface area contributed by atoms with Crippen LogP contribution < -0.4 is 5.32 Å². The van der Waals surface area contributed by atoms with Crippen molar-refractivity contribution in [2.75, 3.05) is 11.1 Å². The number of rotatable bonds is 5. The van der Waals surface area contributed by atoms with Crippen molar-refractivity contribution in [1.82, 2.24) is 0 Å². The molecule has 110 valence electrons. The number of thioether (sulfide) groups is 1. The predicted octanol–water partition coefficient (Wildman–Crippen LogP) is 4.22. The van der Waals surface area contributed by atoms with Crippen molar-refractivity contribution < 1.29 is 18.0 Å². The number of amides is 1. The molecule has 2 rings (SSSR count). The summed E-state index contributed by atoms with van der Waals surface area (Å²) in [6.07, 6.45) is 0.209. The Morgan fingerprint density at radius 3 is 2.38 bits per heavy atom. The van der Waals surface area contributed by atoms with Gasteiger partial charge in [0.2, 0.25) is 5.91 Å². The van der Waals surface area contributed by atoms with Gasteiger partial charge in [0.25, 0.3) is 0 Å². The van der Waals surface area contributed by atoms with E-state index in [1.54, 1.807) is 12.1 Å². The van der Waals surface area contributed by atoms with Gasteiger partial charge in [-0.1, -0.05) is 0 Å². The molecule has 0 saturated heterocycles. The Morgan fingerprint density at radius 2 is 1.71 bits per heavy atom. The molecule has 2 aromatic carbocycles. The van der Waals surface area contributed by atoms with Crippen molar-refractivity contribution in [2.45, 2.75) is 11.3 Å². The average Bonchev–Trinajstić information content (AvgIpc) is 2.45. The van der Waals surface area contributed by atoms with Gasteiger partial charge in [-0.05, 0) is 36.4 Å². The lowest BCUT2D eigenvalue weighted by molar-refractivity contribution is -0.115. The highest BCUT2D eigenvalue weighted by Gasteiger charge is 2.06. The number of benzene rings is 2. The minimum atomic E-state index is -1.01. The van der Waals surface area contributed by atoms with E-state index in [9.17, 15) is 18.0 Å². The van der Waals surface area contributed by atoms with E-state index in [1.807, 2.05) is 0 Å². The molecule has 0 aromatic heterocycles. The number of carbonyl (C=O) groups is 1. The van der Waals surface area contributed by atoms with Gasteiger partial charge in [-0.15, -0.1) is 11.8 Å². The summed E-state index contributed by atoms with van der Waals surface area (Å²) >= 11 is 1.41. The zero-order valence-electron chi connectivity index (χ0n) is 10.9. The summed E-state index contributed by atoms with van der Waals surface area (Å²) in [5.41, 5.74) is 0.214. The van der Waals surface area contributed by atoms with Crippen LogP contribution in [0.1, 0.15) is 6.42 Å². The van der Waals surface area contributed by atoms with E-state index in [0.717, 1.165) is 17.0 Å². The number of nitrogens with one attached hydrogen (secondary N) is 1. The maximum atomic E-state index is 13.0. The molecule has 0 aliphatic carbocycles. The Balaban J connectivity index is 1.79. The van der Waals surface area contributed by atoms with Gasteiger partial charge >= 0.3 is 0 Å². The first-order chi connectivity index (χ1) is 10.0. The fourth-order valence-corrected chi connectivity index (χ4v) is 2.44. The predicted molar refractivity (Wildman–Crippen MR) is 76.7 cm³/mol.